The average molecular weight is 749 g/mol. The molecule has 0 unspecified atom stereocenters. The summed E-state index contributed by atoms with van der Waals surface area (Å²) < 4.78 is 5.66. The first-order chi connectivity index (χ1) is 25.3. The SMILES string of the molecule is Cc1cc2occ(CC(=O)N[C@@H]3C[C@H]4C(=O)N[C@@H](C)C(=O)N[C@@H]5CCC[C@H]5C(=O)N[C@@H]([C@@H](C)O)C(=O)N[C@@H](Cc5ccccc5)C(=O)N4C3)c2cc1Cl. The molecule has 8 atom stereocenters. The van der Waals surface area contributed by atoms with E-state index in [1.165, 1.54) is 25.0 Å². The zero-order valence-corrected chi connectivity index (χ0v) is 30.6. The lowest BCUT2D eigenvalue weighted by Gasteiger charge is -2.32. The Morgan fingerprint density at radius 2 is 1.75 bits per heavy atom. The van der Waals surface area contributed by atoms with Gasteiger partial charge in [-0.3, -0.25) is 28.8 Å². The molecule has 6 N–H and O–H groups in total. The first kappa shape index (κ1) is 37.8. The van der Waals surface area contributed by atoms with Crippen LogP contribution in [0.1, 0.15) is 56.2 Å². The van der Waals surface area contributed by atoms with Crippen molar-refractivity contribution in [2.24, 2.45) is 5.92 Å². The number of aliphatic hydroxyl groups is 1. The summed E-state index contributed by atoms with van der Waals surface area (Å²) in [5, 5.41) is 25.8. The van der Waals surface area contributed by atoms with Crippen molar-refractivity contribution < 1.29 is 38.3 Å². The number of benzene rings is 2. The van der Waals surface area contributed by atoms with Gasteiger partial charge in [-0.05, 0) is 63.3 Å². The maximum atomic E-state index is 14.5. The predicted octanol–water partition coefficient (Wildman–Crippen LogP) is 1.42. The summed E-state index contributed by atoms with van der Waals surface area (Å²) in [6.07, 6.45) is 1.82. The summed E-state index contributed by atoms with van der Waals surface area (Å²) in [5.74, 6) is -4.06. The zero-order chi connectivity index (χ0) is 38.0. The van der Waals surface area contributed by atoms with Gasteiger partial charge >= 0.3 is 0 Å². The minimum atomic E-state index is -1.40. The summed E-state index contributed by atoms with van der Waals surface area (Å²) >= 11 is 6.34. The molecule has 2 saturated heterocycles. The van der Waals surface area contributed by atoms with Crippen LogP contribution in [-0.2, 0) is 41.6 Å². The van der Waals surface area contributed by atoms with Crippen LogP contribution < -0.4 is 26.6 Å². The van der Waals surface area contributed by atoms with Gasteiger partial charge in [0.25, 0.3) is 0 Å². The Balaban J connectivity index is 1.29. The highest BCUT2D eigenvalue weighted by Gasteiger charge is 2.45. The van der Waals surface area contributed by atoms with Crippen LogP contribution in [0.5, 0.6) is 0 Å². The molecule has 3 aliphatic rings. The monoisotopic (exact) mass is 748 g/mol. The maximum Gasteiger partial charge on any atom is 0.246 e. The number of halogens is 1. The maximum absolute atomic E-state index is 14.5. The van der Waals surface area contributed by atoms with Gasteiger partial charge in [0.05, 0.1) is 24.7 Å². The van der Waals surface area contributed by atoms with Gasteiger partial charge in [-0.2, -0.15) is 0 Å². The number of rotatable bonds is 6. The van der Waals surface area contributed by atoms with Crippen molar-refractivity contribution in [1.82, 2.24) is 31.5 Å². The molecule has 53 heavy (non-hydrogen) atoms. The van der Waals surface area contributed by atoms with Crippen molar-refractivity contribution in [2.75, 3.05) is 6.54 Å². The minimum Gasteiger partial charge on any atom is -0.464 e. The molecule has 3 aromatic rings. The number of hydrogen-bond donors (Lipinski definition) is 6. The van der Waals surface area contributed by atoms with E-state index >= 15 is 0 Å². The third-order valence-electron chi connectivity index (χ3n) is 10.4. The van der Waals surface area contributed by atoms with E-state index in [4.69, 9.17) is 16.0 Å². The van der Waals surface area contributed by atoms with E-state index in [9.17, 15) is 33.9 Å². The number of aliphatic hydroxyl groups excluding tert-OH is 1. The average Bonchev–Trinajstić information content (AvgIpc) is 3.86. The van der Waals surface area contributed by atoms with Gasteiger partial charge in [0, 0.05) is 41.0 Å². The van der Waals surface area contributed by atoms with E-state index in [2.05, 4.69) is 26.6 Å². The molecule has 1 aliphatic carbocycles. The largest absolute Gasteiger partial charge is 0.464 e. The van der Waals surface area contributed by atoms with Gasteiger partial charge in [0.2, 0.25) is 35.4 Å². The number of amides is 6. The number of carbonyl (C=O) groups excluding carboxylic acids is 6. The zero-order valence-electron chi connectivity index (χ0n) is 29.8. The fourth-order valence-electron chi connectivity index (χ4n) is 7.53. The van der Waals surface area contributed by atoms with Crippen molar-refractivity contribution in [3.8, 4) is 0 Å². The van der Waals surface area contributed by atoms with Crippen LogP contribution in [0.2, 0.25) is 5.02 Å². The molecule has 3 heterocycles. The van der Waals surface area contributed by atoms with E-state index in [-0.39, 0.29) is 31.7 Å². The van der Waals surface area contributed by atoms with Crippen LogP contribution in [0.3, 0.4) is 0 Å². The summed E-state index contributed by atoms with van der Waals surface area (Å²) in [5.41, 5.74) is 2.75. The first-order valence-electron chi connectivity index (χ1n) is 18.0. The summed E-state index contributed by atoms with van der Waals surface area (Å²) in [7, 11) is 0. The summed E-state index contributed by atoms with van der Waals surface area (Å²) in [4.78, 5) is 83.7. The Morgan fingerprint density at radius 1 is 1.00 bits per heavy atom. The number of furan rings is 1. The number of carbonyl (C=O) groups is 6. The normalized spacial score (nSPS) is 27.7. The van der Waals surface area contributed by atoms with Crippen molar-refractivity contribution in [1.29, 1.82) is 0 Å². The van der Waals surface area contributed by atoms with Gasteiger partial charge in [0.1, 0.15) is 29.8 Å². The number of nitrogens with one attached hydrogen (secondary N) is 5. The highest BCUT2D eigenvalue weighted by Crippen LogP contribution is 2.29. The Labute approximate surface area is 311 Å². The molecule has 14 nitrogen and oxygen atoms in total. The Bertz CT molecular complexity index is 1900. The number of fused-ring (bicyclic) bond motifs is 3. The van der Waals surface area contributed by atoms with Crippen molar-refractivity contribution in [3.05, 3.63) is 70.4 Å². The topological polar surface area (TPSA) is 199 Å². The third-order valence-corrected chi connectivity index (χ3v) is 10.8. The lowest BCUT2D eigenvalue weighted by Crippen LogP contribution is -2.61. The highest BCUT2D eigenvalue weighted by molar-refractivity contribution is 6.32. The molecule has 282 valence electrons. The van der Waals surface area contributed by atoms with Gasteiger partial charge in [-0.15, -0.1) is 0 Å². The van der Waals surface area contributed by atoms with E-state index in [0.717, 1.165) is 5.56 Å². The second kappa shape index (κ2) is 16.0. The Hall–Kier alpha value is -4.95. The molecule has 3 fully saturated rings. The Kier molecular flexibility index (Phi) is 11.4. The Morgan fingerprint density at radius 3 is 2.49 bits per heavy atom. The molecule has 6 amide bonds. The van der Waals surface area contributed by atoms with Crippen LogP contribution in [0, 0.1) is 12.8 Å². The molecule has 1 aromatic heterocycles. The lowest BCUT2D eigenvalue weighted by molar-refractivity contribution is -0.143. The molecule has 0 radical (unpaired) electrons. The van der Waals surface area contributed by atoms with Crippen molar-refractivity contribution in [3.63, 3.8) is 0 Å². The van der Waals surface area contributed by atoms with Gasteiger partial charge in [-0.25, -0.2) is 0 Å². The molecular formula is C38H45ClN6O8. The van der Waals surface area contributed by atoms with E-state index in [1.54, 1.807) is 36.4 Å². The van der Waals surface area contributed by atoms with Crippen LogP contribution in [0.25, 0.3) is 11.0 Å². The smallest absolute Gasteiger partial charge is 0.246 e. The standard InChI is InChI=1S/C38H45ClN6O8/c1-19-12-31-26(16-27(19)39)23(18-53-31)14-32(47)41-24-15-30-36(50)40-20(2)34(48)42-28-11-7-10-25(28)35(49)44-33(21(3)46)37(51)43-29(38(52)45(30)17-24)13-22-8-5-4-6-9-22/h4-6,8-9,12,16,18,20-21,24-25,28-30,33,46H,7,10-11,13-15,17H2,1-3H3,(H,40,50)(H,41,47)(H,42,48)(H,43,51)(H,44,49)/t20-,21+,24+,25+,28+,29-,30-,33-/m0/s1. The first-order valence-corrected chi connectivity index (χ1v) is 18.4. The van der Waals surface area contributed by atoms with Crippen molar-refractivity contribution in [2.45, 2.75) is 102 Å². The van der Waals surface area contributed by atoms with E-state index in [1.807, 2.05) is 13.0 Å². The van der Waals surface area contributed by atoms with Gasteiger partial charge < -0.3 is 41.0 Å². The minimum absolute atomic E-state index is 0.0346. The molecule has 1 saturated carbocycles. The predicted molar refractivity (Wildman–Crippen MR) is 194 cm³/mol. The molecule has 15 heteroatoms. The van der Waals surface area contributed by atoms with Crippen molar-refractivity contribution >= 4 is 58.0 Å². The number of aryl methyl sites for hydroxylation is 1. The number of nitrogens with zero attached hydrogens (tertiary/aromatic N) is 1. The summed E-state index contributed by atoms with van der Waals surface area (Å²) in [6.45, 7) is 4.67. The van der Waals surface area contributed by atoms with Gasteiger partial charge in [-0.1, -0.05) is 48.4 Å². The third kappa shape index (κ3) is 8.49. The van der Waals surface area contributed by atoms with Gasteiger partial charge in [0.15, 0.2) is 0 Å². The van der Waals surface area contributed by atoms with Crippen LogP contribution in [0.4, 0.5) is 0 Å². The molecule has 2 aliphatic heterocycles. The fraction of sp³-hybridized carbons (Fsp3) is 0.474. The van der Waals surface area contributed by atoms with E-state index < -0.39 is 77.8 Å². The molecule has 0 bridgehead atoms. The second-order valence-electron chi connectivity index (χ2n) is 14.4. The molecule has 0 spiro atoms. The van der Waals surface area contributed by atoms with Crippen LogP contribution >= 0.6 is 11.6 Å². The van der Waals surface area contributed by atoms with Crippen LogP contribution in [0.15, 0.2) is 53.1 Å². The molecule has 6 rings (SSSR count). The molecular weight excluding hydrogens is 704 g/mol. The number of hydrogen-bond acceptors (Lipinski definition) is 8. The van der Waals surface area contributed by atoms with E-state index in [0.29, 0.717) is 46.4 Å². The quantitative estimate of drug-likeness (QED) is 0.218. The van der Waals surface area contributed by atoms with Crippen LogP contribution in [-0.4, -0.2) is 94.3 Å². The fourth-order valence-corrected chi connectivity index (χ4v) is 7.69. The highest BCUT2D eigenvalue weighted by atomic mass is 35.5. The summed E-state index contributed by atoms with van der Waals surface area (Å²) in [6, 6.07) is 6.57. The molecule has 2 aromatic carbocycles. The second-order valence-corrected chi connectivity index (χ2v) is 14.8. The lowest BCUT2D eigenvalue weighted by atomic mass is 10.00.